The number of nitrogens with zero attached hydrogens (tertiary/aromatic N) is 12. The Labute approximate surface area is 524 Å². The van der Waals surface area contributed by atoms with Crippen molar-refractivity contribution < 1.29 is 69.3 Å². The van der Waals surface area contributed by atoms with Crippen molar-refractivity contribution in [3.05, 3.63) is 0 Å². The molecule has 4 fully saturated rings. The minimum atomic E-state index is -2.66. The van der Waals surface area contributed by atoms with Gasteiger partial charge in [0.1, 0.15) is 50.7 Å². The predicted molar refractivity (Wildman–Crippen MR) is 329 cm³/mol. The van der Waals surface area contributed by atoms with Crippen LogP contribution in [0.2, 0.25) is 0 Å². The zero-order chi connectivity index (χ0) is 68.4. The number of aromatic nitrogens is 8. The summed E-state index contributed by atoms with van der Waals surface area (Å²) in [6.45, 7) is 25.6. The third-order valence-electron chi connectivity index (χ3n) is 11.4. The van der Waals surface area contributed by atoms with Crippen LogP contribution in [-0.4, -0.2) is 260 Å². The Morgan fingerprint density at radius 1 is 0.417 bits per heavy atom. The van der Waals surface area contributed by atoms with Gasteiger partial charge in [0.2, 0.25) is 23.3 Å². The third-order valence-corrected chi connectivity index (χ3v) is 13.4. The Morgan fingerprint density at radius 2 is 0.714 bits per heavy atom. The molecule has 8 N–H and O–H groups in total. The van der Waals surface area contributed by atoms with Gasteiger partial charge in [-0.25, -0.2) is 0 Å². The molecule has 4 aromatic heterocycles. The van der Waals surface area contributed by atoms with Gasteiger partial charge in [-0.3, -0.25) is 0 Å². The molecule has 4 saturated heterocycles. The summed E-state index contributed by atoms with van der Waals surface area (Å²) < 4.78 is 139. The molecule has 84 heavy (non-hydrogen) atoms. The maximum absolute atomic E-state index is 10.2. The van der Waals surface area contributed by atoms with Crippen molar-refractivity contribution in [2.45, 2.75) is 130 Å². The van der Waals surface area contributed by atoms with E-state index in [0.29, 0.717) is 127 Å². The van der Waals surface area contributed by atoms with Gasteiger partial charge in [0.15, 0.2) is 0 Å². The summed E-state index contributed by atoms with van der Waals surface area (Å²) >= 11 is 3.95. The largest absolute Gasteiger partial charge is 0.472 e. The van der Waals surface area contributed by atoms with Gasteiger partial charge in [-0.05, 0) is 83.1 Å². The van der Waals surface area contributed by atoms with Crippen LogP contribution < -0.4 is 59.8 Å². The van der Waals surface area contributed by atoms with Gasteiger partial charge in [-0.15, -0.1) is 17.5 Å². The third kappa shape index (κ3) is 28.3. The Bertz CT molecular complexity index is 2750. The molecule has 0 amide bonds. The SMILES string of the molecule is [2H]C([2H])(NC(C)(C)C)[C@H](O)COc1nsnc1N1CCOCC1.[2H]C([2H])(Oc1nsnc1N1CCOCC1)[C@@H](O)CNC(C)(C)C.[2H]C([2H])(Oc1nsnc1N1CCOCC1)[C@@]([2H])(O)CNC(C)(C)C.[2H][C@](O)(CNC(C)(C)C)COc1nsnc1N1CCOCC1. The lowest BCUT2D eigenvalue weighted by Crippen LogP contribution is -2.42. The lowest BCUT2D eigenvalue weighted by Gasteiger charge is -2.27. The van der Waals surface area contributed by atoms with Crippen LogP contribution in [0.3, 0.4) is 0 Å². The van der Waals surface area contributed by atoms with E-state index in [2.05, 4.69) is 56.3 Å². The molecule has 0 bridgehead atoms. The molecule has 0 unspecified atom stereocenters. The van der Waals surface area contributed by atoms with Crippen LogP contribution in [0.5, 0.6) is 23.5 Å². The topological polar surface area (TPSA) is 319 Å². The lowest BCUT2D eigenvalue weighted by molar-refractivity contribution is 0.0974. The number of anilines is 4. The Morgan fingerprint density at radius 3 is 1.06 bits per heavy atom. The van der Waals surface area contributed by atoms with E-state index in [9.17, 15) is 20.4 Å². The molecule has 8 rings (SSSR count). The number of aliphatic hydroxyl groups is 4. The second kappa shape index (κ2) is 35.8. The van der Waals surface area contributed by atoms with Gasteiger partial charge >= 0.3 is 0 Å². The van der Waals surface area contributed by atoms with Crippen LogP contribution in [0, 0.1) is 0 Å². The van der Waals surface area contributed by atoms with Crippen molar-refractivity contribution in [2.24, 2.45) is 0 Å². The monoisotopic (exact) mass is 1270 g/mol. The molecule has 4 aliphatic heterocycles. The normalized spacial score (nSPS) is 20.5. The molecule has 480 valence electrons. The molecule has 4 aliphatic rings. The first-order valence-electron chi connectivity index (χ1n) is 31.8. The van der Waals surface area contributed by atoms with Crippen LogP contribution in [0.1, 0.15) is 94.1 Å². The molecular weight excluding hydrogens is 1170 g/mol. The summed E-state index contributed by atoms with van der Waals surface area (Å²) in [5, 5.41) is 52.3. The fourth-order valence-corrected chi connectivity index (χ4v) is 9.07. The molecule has 8 heterocycles. The minimum absolute atomic E-state index is 0.0201. The van der Waals surface area contributed by atoms with Gasteiger partial charge in [0.05, 0.1) is 108 Å². The number of morpholine rings is 4. The first-order chi connectivity index (χ1) is 42.7. The molecule has 0 radical (unpaired) electrons. The first kappa shape index (κ1) is 59.1. The highest BCUT2D eigenvalue weighted by Gasteiger charge is 2.26. The number of hydrogen-bond donors (Lipinski definition) is 8. The highest BCUT2D eigenvalue weighted by Crippen LogP contribution is 2.30. The van der Waals surface area contributed by atoms with Gasteiger partial charge in [0, 0.05) is 103 Å². The smallest absolute Gasteiger partial charge is 0.270 e. The van der Waals surface area contributed by atoms with Crippen molar-refractivity contribution in [2.75, 3.05) is 177 Å². The highest BCUT2D eigenvalue weighted by molar-refractivity contribution is 7.00. The summed E-state index contributed by atoms with van der Waals surface area (Å²) in [5.41, 5.74) is -1.23. The standard InChI is InChI=1S/4C13H24N4O3S/c4*1-13(2,3)14-8-10(18)9-20-12-11(15-21-16-12)17-4-6-19-7-5-17/h4*10,14,18H,4-9H2,1-3H3/t4*10-/m0000/s1/i9D2,10D;10D;9D2;8D2. The molecule has 28 nitrogen and oxygen atoms in total. The van der Waals surface area contributed by atoms with Gasteiger partial charge in [-0.1, -0.05) is 0 Å². The molecule has 0 spiro atoms. The maximum Gasteiger partial charge on any atom is 0.270 e. The average molecular weight is 1270 g/mol. The van der Waals surface area contributed by atoms with E-state index in [0.717, 1.165) is 60.0 Å². The van der Waals surface area contributed by atoms with Gasteiger partial charge in [-0.2, -0.15) is 17.5 Å². The second-order valence-electron chi connectivity index (χ2n) is 23.4. The summed E-state index contributed by atoms with van der Waals surface area (Å²) in [6, 6.07) is 0. The van der Waals surface area contributed by atoms with E-state index in [4.69, 9.17) is 48.9 Å². The van der Waals surface area contributed by atoms with Crippen molar-refractivity contribution in [1.29, 1.82) is 0 Å². The van der Waals surface area contributed by atoms with Crippen LogP contribution in [0.4, 0.5) is 23.3 Å². The molecule has 0 aliphatic carbocycles. The van der Waals surface area contributed by atoms with E-state index < -0.39 is 49.5 Å². The molecule has 32 heteroatoms. The Balaban J connectivity index is 0.000000223. The minimum Gasteiger partial charge on any atom is -0.472 e. The summed E-state index contributed by atoms with van der Waals surface area (Å²) in [7, 11) is 0. The summed E-state index contributed by atoms with van der Waals surface area (Å²) in [6.07, 6.45) is -6.88. The van der Waals surface area contributed by atoms with E-state index in [1.165, 1.54) is 0 Å². The molecule has 0 saturated carbocycles. The quantitative estimate of drug-likeness (QED) is 0.0497. The van der Waals surface area contributed by atoms with Gasteiger partial charge < -0.3 is 99.2 Å². The summed E-state index contributed by atoms with van der Waals surface area (Å²) in [4.78, 5) is 7.88. The van der Waals surface area contributed by atoms with Crippen molar-refractivity contribution in [1.82, 2.24) is 56.3 Å². The van der Waals surface area contributed by atoms with Crippen LogP contribution >= 0.6 is 46.9 Å². The highest BCUT2D eigenvalue weighted by atomic mass is 32.1. The van der Waals surface area contributed by atoms with Crippen molar-refractivity contribution in [3.8, 4) is 23.5 Å². The molecular formula is C52H96N16O12S4. The number of aliphatic hydroxyl groups excluding tert-OH is 2. The summed E-state index contributed by atoms with van der Waals surface area (Å²) in [5.74, 6) is 2.97. The van der Waals surface area contributed by atoms with E-state index >= 15 is 0 Å². The fourth-order valence-electron chi connectivity index (χ4n) is 7.02. The zero-order valence-corrected chi connectivity index (χ0v) is 53.8. The fraction of sp³-hybridized carbons (Fsp3) is 0.846. The lowest BCUT2D eigenvalue weighted by atomic mass is 10.1. The van der Waals surface area contributed by atoms with Crippen LogP contribution in [-0.2, 0) is 18.9 Å². The van der Waals surface area contributed by atoms with Crippen LogP contribution in [0.15, 0.2) is 0 Å². The average Bonchev–Trinajstić information content (AvgIpc) is 1.38. The first-order valence-corrected chi connectivity index (χ1v) is 30.7. The Hall–Kier alpha value is -3.84. The molecule has 4 atom stereocenters. The van der Waals surface area contributed by atoms with E-state index in [1.807, 2.05) is 103 Å². The van der Waals surface area contributed by atoms with Crippen LogP contribution in [0.25, 0.3) is 0 Å². The number of nitrogens with one attached hydrogen (secondary N) is 4. The molecule has 0 aromatic carbocycles. The zero-order valence-electron chi connectivity index (χ0n) is 58.6. The number of rotatable bonds is 24. The maximum atomic E-state index is 10.2. The number of hydrogen-bond acceptors (Lipinski definition) is 32. The van der Waals surface area contributed by atoms with E-state index in [-0.39, 0.29) is 61.2 Å². The molecule has 4 aromatic rings. The van der Waals surface area contributed by atoms with Gasteiger partial charge in [0.25, 0.3) is 23.5 Å². The number of ether oxygens (including phenoxy) is 8. The number of β-amino-alcohol motifs (C(OH)–C–C–N with tert-alkyl or cyclic N) is 4. The second-order valence-corrected chi connectivity index (χ2v) is 25.5. The van der Waals surface area contributed by atoms with Crippen molar-refractivity contribution >= 4 is 70.2 Å². The van der Waals surface area contributed by atoms with E-state index in [1.54, 1.807) is 0 Å². The Kier molecular flexibility index (Phi) is 25.2. The predicted octanol–water partition coefficient (Wildman–Crippen LogP) is 2.01. The van der Waals surface area contributed by atoms with Crippen molar-refractivity contribution in [3.63, 3.8) is 0 Å².